The van der Waals surface area contributed by atoms with E-state index in [2.05, 4.69) is 43.2 Å². The lowest BCUT2D eigenvalue weighted by molar-refractivity contribution is 0.575. The molecule has 0 aliphatic heterocycles. The van der Waals surface area contributed by atoms with Crippen LogP contribution in [0.2, 0.25) is 0 Å². The SMILES string of the molecule is CCn1nc(C)c(Br)c1CNCc1ccncn1. The van der Waals surface area contributed by atoms with E-state index < -0.39 is 0 Å². The Balaban J connectivity index is 1.98. The maximum absolute atomic E-state index is 4.46. The highest BCUT2D eigenvalue weighted by molar-refractivity contribution is 9.10. The quantitative estimate of drug-likeness (QED) is 0.918. The van der Waals surface area contributed by atoms with E-state index in [9.17, 15) is 0 Å². The molecule has 2 aromatic rings. The lowest BCUT2D eigenvalue weighted by Crippen LogP contribution is -2.17. The van der Waals surface area contributed by atoms with E-state index in [4.69, 9.17) is 0 Å². The van der Waals surface area contributed by atoms with Crippen LogP contribution in [0.4, 0.5) is 0 Å². The highest BCUT2D eigenvalue weighted by Gasteiger charge is 2.11. The molecule has 0 bridgehead atoms. The van der Waals surface area contributed by atoms with Gasteiger partial charge in [-0.05, 0) is 35.8 Å². The fourth-order valence-corrected chi connectivity index (χ4v) is 2.19. The van der Waals surface area contributed by atoms with Gasteiger partial charge in [0.2, 0.25) is 0 Å². The van der Waals surface area contributed by atoms with Gasteiger partial charge in [0.05, 0.1) is 21.6 Å². The number of nitrogens with one attached hydrogen (secondary N) is 1. The molecule has 2 rings (SSSR count). The predicted molar refractivity (Wildman–Crippen MR) is 72.9 cm³/mol. The van der Waals surface area contributed by atoms with Gasteiger partial charge in [0.1, 0.15) is 6.33 Å². The summed E-state index contributed by atoms with van der Waals surface area (Å²) in [6.45, 7) is 6.45. The van der Waals surface area contributed by atoms with E-state index in [0.717, 1.165) is 35.5 Å². The van der Waals surface area contributed by atoms with E-state index in [-0.39, 0.29) is 0 Å². The standard InChI is InChI=1S/C12H16BrN5/c1-3-18-11(12(13)9(2)17-18)7-15-6-10-4-5-14-8-16-10/h4-5,8,15H,3,6-7H2,1-2H3. The fourth-order valence-electron chi connectivity index (χ4n) is 1.77. The van der Waals surface area contributed by atoms with E-state index in [1.165, 1.54) is 5.69 Å². The largest absolute Gasteiger partial charge is 0.305 e. The normalized spacial score (nSPS) is 10.8. The number of rotatable bonds is 5. The Bertz CT molecular complexity index is 509. The fraction of sp³-hybridized carbons (Fsp3) is 0.417. The molecule has 6 heteroatoms. The third-order valence-corrected chi connectivity index (χ3v) is 3.73. The van der Waals surface area contributed by atoms with Gasteiger partial charge in [0, 0.05) is 25.8 Å². The third kappa shape index (κ3) is 2.94. The Morgan fingerprint density at radius 1 is 1.39 bits per heavy atom. The molecule has 18 heavy (non-hydrogen) atoms. The monoisotopic (exact) mass is 309 g/mol. The molecule has 2 heterocycles. The van der Waals surface area contributed by atoms with Crippen molar-refractivity contribution in [1.82, 2.24) is 25.1 Å². The molecule has 0 unspecified atom stereocenters. The molecule has 0 aromatic carbocycles. The van der Waals surface area contributed by atoms with Crippen molar-refractivity contribution in [3.05, 3.63) is 40.1 Å². The van der Waals surface area contributed by atoms with E-state index >= 15 is 0 Å². The molecule has 0 atom stereocenters. The number of aryl methyl sites for hydroxylation is 2. The van der Waals surface area contributed by atoms with Crippen LogP contribution in [0.25, 0.3) is 0 Å². The molecule has 0 saturated carbocycles. The van der Waals surface area contributed by atoms with Crippen LogP contribution in [0.5, 0.6) is 0 Å². The number of hydrogen-bond acceptors (Lipinski definition) is 4. The van der Waals surface area contributed by atoms with Gasteiger partial charge in [-0.25, -0.2) is 9.97 Å². The van der Waals surface area contributed by atoms with Gasteiger partial charge >= 0.3 is 0 Å². The summed E-state index contributed by atoms with van der Waals surface area (Å²) >= 11 is 3.58. The average molecular weight is 310 g/mol. The molecule has 0 aliphatic carbocycles. The van der Waals surface area contributed by atoms with Gasteiger partial charge in [0.15, 0.2) is 0 Å². The summed E-state index contributed by atoms with van der Waals surface area (Å²) in [6, 6.07) is 1.91. The minimum Gasteiger partial charge on any atom is -0.305 e. The van der Waals surface area contributed by atoms with Gasteiger partial charge in [-0.15, -0.1) is 0 Å². The van der Waals surface area contributed by atoms with Crippen LogP contribution in [-0.2, 0) is 19.6 Å². The average Bonchev–Trinajstić information content (AvgIpc) is 2.67. The molecule has 0 saturated heterocycles. The summed E-state index contributed by atoms with van der Waals surface area (Å²) in [5.41, 5.74) is 3.18. The Kier molecular flexibility index (Phi) is 4.43. The zero-order valence-electron chi connectivity index (χ0n) is 10.5. The van der Waals surface area contributed by atoms with E-state index in [1.54, 1.807) is 12.5 Å². The Hall–Kier alpha value is -1.27. The summed E-state index contributed by atoms with van der Waals surface area (Å²) in [7, 11) is 0. The molecule has 0 fully saturated rings. The molecule has 0 spiro atoms. The van der Waals surface area contributed by atoms with Crippen molar-refractivity contribution in [2.45, 2.75) is 33.5 Å². The highest BCUT2D eigenvalue weighted by atomic mass is 79.9. The lowest BCUT2D eigenvalue weighted by Gasteiger charge is -2.07. The number of hydrogen-bond donors (Lipinski definition) is 1. The number of nitrogens with zero attached hydrogens (tertiary/aromatic N) is 4. The van der Waals surface area contributed by atoms with Gasteiger partial charge in [0.25, 0.3) is 0 Å². The first-order valence-electron chi connectivity index (χ1n) is 5.89. The summed E-state index contributed by atoms with van der Waals surface area (Å²) in [5, 5.41) is 7.82. The molecule has 0 aliphatic rings. The summed E-state index contributed by atoms with van der Waals surface area (Å²) in [6.07, 6.45) is 3.31. The zero-order valence-corrected chi connectivity index (χ0v) is 12.1. The van der Waals surface area contributed by atoms with Crippen molar-refractivity contribution in [3.8, 4) is 0 Å². The first-order valence-corrected chi connectivity index (χ1v) is 6.69. The van der Waals surface area contributed by atoms with E-state index in [1.807, 2.05) is 17.7 Å². The summed E-state index contributed by atoms with van der Waals surface area (Å²) in [5.74, 6) is 0. The zero-order chi connectivity index (χ0) is 13.0. The second-order valence-electron chi connectivity index (χ2n) is 3.97. The maximum Gasteiger partial charge on any atom is 0.115 e. The van der Waals surface area contributed by atoms with E-state index in [0.29, 0.717) is 0 Å². The second kappa shape index (κ2) is 6.06. The van der Waals surface area contributed by atoms with Crippen LogP contribution >= 0.6 is 15.9 Å². The van der Waals surface area contributed by atoms with Gasteiger partial charge in [-0.2, -0.15) is 5.10 Å². The maximum atomic E-state index is 4.46. The first-order chi connectivity index (χ1) is 8.72. The molecule has 1 N–H and O–H groups in total. The van der Waals surface area contributed by atoms with Crippen LogP contribution < -0.4 is 5.32 Å². The molecular weight excluding hydrogens is 294 g/mol. The molecular formula is C12H16BrN5. The molecule has 2 aromatic heterocycles. The lowest BCUT2D eigenvalue weighted by atomic mass is 10.3. The smallest absolute Gasteiger partial charge is 0.115 e. The highest BCUT2D eigenvalue weighted by Crippen LogP contribution is 2.20. The van der Waals surface area contributed by atoms with Gasteiger partial charge < -0.3 is 5.32 Å². The van der Waals surface area contributed by atoms with Crippen molar-refractivity contribution in [1.29, 1.82) is 0 Å². The number of halogens is 1. The molecule has 5 nitrogen and oxygen atoms in total. The Morgan fingerprint density at radius 3 is 2.89 bits per heavy atom. The third-order valence-electron chi connectivity index (χ3n) is 2.69. The van der Waals surface area contributed by atoms with Gasteiger partial charge in [-0.3, -0.25) is 4.68 Å². The molecule has 96 valence electrons. The van der Waals surface area contributed by atoms with Crippen LogP contribution in [0.3, 0.4) is 0 Å². The van der Waals surface area contributed by atoms with Gasteiger partial charge in [-0.1, -0.05) is 0 Å². The number of aromatic nitrogens is 4. The first kappa shape index (κ1) is 13.2. The minimum absolute atomic E-state index is 0.725. The summed E-state index contributed by atoms with van der Waals surface area (Å²) < 4.78 is 3.09. The minimum atomic E-state index is 0.725. The summed E-state index contributed by atoms with van der Waals surface area (Å²) in [4.78, 5) is 8.07. The van der Waals surface area contributed by atoms with Crippen molar-refractivity contribution < 1.29 is 0 Å². The van der Waals surface area contributed by atoms with Crippen LogP contribution in [0.15, 0.2) is 23.1 Å². The van der Waals surface area contributed by atoms with Crippen molar-refractivity contribution >= 4 is 15.9 Å². The van der Waals surface area contributed by atoms with Crippen LogP contribution in [-0.4, -0.2) is 19.7 Å². The van der Waals surface area contributed by atoms with Crippen molar-refractivity contribution in [2.75, 3.05) is 0 Å². The Morgan fingerprint density at radius 2 is 2.22 bits per heavy atom. The Labute approximate surface area is 115 Å². The molecule has 0 amide bonds. The molecule has 0 radical (unpaired) electrons. The predicted octanol–water partition coefficient (Wildman–Crippen LogP) is 2.05. The topological polar surface area (TPSA) is 55.6 Å². The van der Waals surface area contributed by atoms with Crippen LogP contribution in [0, 0.1) is 6.92 Å². The van der Waals surface area contributed by atoms with Crippen LogP contribution in [0.1, 0.15) is 24.0 Å². The second-order valence-corrected chi connectivity index (χ2v) is 4.76. The van der Waals surface area contributed by atoms with Crippen molar-refractivity contribution in [3.63, 3.8) is 0 Å². The van der Waals surface area contributed by atoms with Crippen molar-refractivity contribution in [2.24, 2.45) is 0 Å².